The Morgan fingerprint density at radius 1 is 1.35 bits per heavy atom. The highest BCUT2D eigenvalue weighted by Crippen LogP contribution is 2.25. The molecule has 0 atom stereocenters. The Labute approximate surface area is 100 Å². The molecule has 2 N–H and O–H groups in total. The Kier molecular flexibility index (Phi) is 2.65. The smallest absolute Gasteiger partial charge is 0.168 e. The topological polar surface area (TPSA) is 57.8 Å². The summed E-state index contributed by atoms with van der Waals surface area (Å²) in [5.74, 6) is 0.940. The Morgan fingerprint density at radius 3 is 2.65 bits per heavy atom. The number of aromatic nitrogens is 2. The molecule has 90 valence electrons. The molecule has 2 aromatic rings. The van der Waals surface area contributed by atoms with Gasteiger partial charge in [-0.25, -0.2) is 0 Å². The zero-order valence-electron chi connectivity index (χ0n) is 10.6. The Morgan fingerprint density at radius 2 is 2.06 bits per heavy atom. The van der Waals surface area contributed by atoms with Gasteiger partial charge in [-0.3, -0.25) is 9.89 Å². The second-order valence-electron chi connectivity index (χ2n) is 5.16. The maximum absolute atomic E-state index is 12.1. The SMILES string of the molecule is CNc1n[nH]c2cc(C(=O)C(C)(C)C)ccc12. The number of fused-ring (bicyclic) bond motifs is 1. The van der Waals surface area contributed by atoms with Crippen molar-refractivity contribution in [2.24, 2.45) is 5.41 Å². The minimum absolute atomic E-state index is 0.139. The maximum atomic E-state index is 12.1. The molecule has 1 aromatic carbocycles. The standard InChI is InChI=1S/C13H17N3O/c1-13(2,3)11(17)8-5-6-9-10(7-8)15-16-12(9)14-4/h5-7H,1-4H3,(H2,14,15,16). The van der Waals surface area contributed by atoms with Crippen LogP contribution in [-0.4, -0.2) is 23.0 Å². The van der Waals surface area contributed by atoms with Crippen LogP contribution in [0.2, 0.25) is 0 Å². The predicted molar refractivity (Wildman–Crippen MR) is 69.4 cm³/mol. The van der Waals surface area contributed by atoms with Crippen molar-refractivity contribution >= 4 is 22.5 Å². The number of anilines is 1. The van der Waals surface area contributed by atoms with E-state index in [2.05, 4.69) is 15.5 Å². The van der Waals surface area contributed by atoms with Gasteiger partial charge in [-0.2, -0.15) is 5.10 Å². The number of nitrogens with one attached hydrogen (secondary N) is 2. The minimum Gasteiger partial charge on any atom is -0.371 e. The van der Waals surface area contributed by atoms with Gasteiger partial charge >= 0.3 is 0 Å². The van der Waals surface area contributed by atoms with Crippen LogP contribution >= 0.6 is 0 Å². The molecule has 0 unspecified atom stereocenters. The summed E-state index contributed by atoms with van der Waals surface area (Å²) in [6, 6.07) is 5.63. The number of ketones is 1. The number of carbonyl (C=O) groups excluding carboxylic acids is 1. The fourth-order valence-electron chi connectivity index (χ4n) is 1.78. The summed E-state index contributed by atoms with van der Waals surface area (Å²) in [6.45, 7) is 5.77. The van der Waals surface area contributed by atoms with Gasteiger partial charge in [0.05, 0.1) is 5.52 Å². The zero-order valence-corrected chi connectivity index (χ0v) is 10.6. The molecular weight excluding hydrogens is 214 g/mol. The van der Waals surface area contributed by atoms with Crippen molar-refractivity contribution in [1.29, 1.82) is 0 Å². The van der Waals surface area contributed by atoms with Crippen LogP contribution in [0.25, 0.3) is 10.9 Å². The number of hydrogen-bond donors (Lipinski definition) is 2. The van der Waals surface area contributed by atoms with E-state index in [1.165, 1.54) is 0 Å². The average Bonchev–Trinajstić information content (AvgIpc) is 2.68. The maximum Gasteiger partial charge on any atom is 0.168 e. The Bertz CT molecular complexity index is 564. The van der Waals surface area contributed by atoms with Gasteiger partial charge in [-0.15, -0.1) is 0 Å². The molecule has 2 rings (SSSR count). The molecule has 0 amide bonds. The lowest BCUT2D eigenvalue weighted by Gasteiger charge is -2.16. The number of H-pyrrole nitrogens is 1. The summed E-state index contributed by atoms with van der Waals surface area (Å²) < 4.78 is 0. The van der Waals surface area contributed by atoms with Gasteiger partial charge in [-0.05, 0) is 12.1 Å². The van der Waals surface area contributed by atoms with Gasteiger partial charge in [0.2, 0.25) is 0 Å². The fraction of sp³-hybridized carbons (Fsp3) is 0.385. The highest BCUT2D eigenvalue weighted by molar-refractivity contribution is 6.03. The minimum atomic E-state index is -0.362. The third-order valence-electron chi connectivity index (χ3n) is 2.74. The molecule has 0 aliphatic rings. The lowest BCUT2D eigenvalue weighted by atomic mass is 9.86. The van der Waals surface area contributed by atoms with Crippen LogP contribution in [0.5, 0.6) is 0 Å². The van der Waals surface area contributed by atoms with Crippen molar-refractivity contribution in [1.82, 2.24) is 10.2 Å². The highest BCUT2D eigenvalue weighted by Gasteiger charge is 2.23. The number of aromatic amines is 1. The summed E-state index contributed by atoms with van der Waals surface area (Å²) in [5, 5.41) is 11.0. The number of carbonyl (C=O) groups is 1. The van der Waals surface area contributed by atoms with Crippen LogP contribution in [0.3, 0.4) is 0 Å². The number of benzene rings is 1. The molecule has 0 aliphatic heterocycles. The van der Waals surface area contributed by atoms with Crippen molar-refractivity contribution in [3.8, 4) is 0 Å². The predicted octanol–water partition coefficient (Wildman–Crippen LogP) is 2.83. The number of nitrogens with zero attached hydrogens (tertiary/aromatic N) is 1. The van der Waals surface area contributed by atoms with E-state index in [1.54, 1.807) is 0 Å². The normalized spacial score (nSPS) is 11.8. The van der Waals surface area contributed by atoms with E-state index in [0.29, 0.717) is 0 Å². The van der Waals surface area contributed by atoms with Crippen molar-refractivity contribution in [3.63, 3.8) is 0 Å². The molecular formula is C13H17N3O. The van der Waals surface area contributed by atoms with E-state index in [-0.39, 0.29) is 11.2 Å². The van der Waals surface area contributed by atoms with Gasteiger partial charge in [0, 0.05) is 23.4 Å². The Hall–Kier alpha value is -1.84. The van der Waals surface area contributed by atoms with Gasteiger partial charge < -0.3 is 5.32 Å². The van der Waals surface area contributed by atoms with E-state index in [4.69, 9.17) is 0 Å². The van der Waals surface area contributed by atoms with Crippen LogP contribution in [0.4, 0.5) is 5.82 Å². The van der Waals surface area contributed by atoms with Crippen molar-refractivity contribution in [2.45, 2.75) is 20.8 Å². The van der Waals surface area contributed by atoms with Crippen LogP contribution in [-0.2, 0) is 0 Å². The summed E-state index contributed by atoms with van der Waals surface area (Å²) in [5.41, 5.74) is 1.24. The largest absolute Gasteiger partial charge is 0.371 e. The molecule has 1 aromatic heterocycles. The Balaban J connectivity index is 2.49. The quantitative estimate of drug-likeness (QED) is 0.781. The lowest BCUT2D eigenvalue weighted by Crippen LogP contribution is -2.19. The first-order valence-electron chi connectivity index (χ1n) is 5.64. The second-order valence-corrected chi connectivity index (χ2v) is 5.16. The van der Waals surface area contributed by atoms with Gasteiger partial charge in [0.15, 0.2) is 11.6 Å². The summed E-state index contributed by atoms with van der Waals surface area (Å²) in [6.07, 6.45) is 0. The van der Waals surface area contributed by atoms with E-state index in [9.17, 15) is 4.79 Å². The van der Waals surface area contributed by atoms with Crippen molar-refractivity contribution in [2.75, 3.05) is 12.4 Å². The first kappa shape index (κ1) is 11.6. The second kappa shape index (κ2) is 3.87. The van der Waals surface area contributed by atoms with E-state index in [1.807, 2.05) is 46.0 Å². The van der Waals surface area contributed by atoms with Crippen LogP contribution < -0.4 is 5.32 Å². The monoisotopic (exact) mass is 231 g/mol. The van der Waals surface area contributed by atoms with Crippen molar-refractivity contribution in [3.05, 3.63) is 23.8 Å². The van der Waals surface area contributed by atoms with Crippen molar-refractivity contribution < 1.29 is 4.79 Å². The molecule has 0 radical (unpaired) electrons. The first-order chi connectivity index (χ1) is 7.93. The summed E-state index contributed by atoms with van der Waals surface area (Å²) in [7, 11) is 1.82. The molecule has 0 bridgehead atoms. The molecule has 0 aliphatic carbocycles. The third kappa shape index (κ3) is 2.02. The molecule has 0 saturated heterocycles. The van der Waals surface area contributed by atoms with Gasteiger partial charge in [0.1, 0.15) is 0 Å². The molecule has 1 heterocycles. The zero-order chi connectivity index (χ0) is 12.6. The van der Waals surface area contributed by atoms with Crippen LogP contribution in [0.1, 0.15) is 31.1 Å². The van der Waals surface area contributed by atoms with E-state index < -0.39 is 0 Å². The summed E-state index contributed by atoms with van der Waals surface area (Å²) in [4.78, 5) is 12.1. The highest BCUT2D eigenvalue weighted by atomic mass is 16.1. The number of rotatable bonds is 2. The van der Waals surface area contributed by atoms with E-state index in [0.717, 1.165) is 22.3 Å². The van der Waals surface area contributed by atoms with Crippen LogP contribution in [0, 0.1) is 5.41 Å². The molecule has 0 fully saturated rings. The molecule has 17 heavy (non-hydrogen) atoms. The van der Waals surface area contributed by atoms with Crippen LogP contribution in [0.15, 0.2) is 18.2 Å². The van der Waals surface area contributed by atoms with E-state index >= 15 is 0 Å². The number of Topliss-reactive ketones (excluding diaryl/α,β-unsaturated/α-hetero) is 1. The third-order valence-corrected chi connectivity index (χ3v) is 2.74. The van der Waals surface area contributed by atoms with Gasteiger partial charge in [-0.1, -0.05) is 26.8 Å². The summed E-state index contributed by atoms with van der Waals surface area (Å²) >= 11 is 0. The molecule has 0 saturated carbocycles. The average molecular weight is 231 g/mol. The lowest BCUT2D eigenvalue weighted by molar-refractivity contribution is 0.0858. The molecule has 0 spiro atoms. The van der Waals surface area contributed by atoms with Gasteiger partial charge in [0.25, 0.3) is 0 Å². The first-order valence-corrected chi connectivity index (χ1v) is 5.64. The molecule has 4 nitrogen and oxygen atoms in total. The fourth-order valence-corrected chi connectivity index (χ4v) is 1.78. The molecule has 4 heteroatoms. The number of hydrogen-bond acceptors (Lipinski definition) is 3.